The van der Waals surface area contributed by atoms with Gasteiger partial charge in [0, 0.05) is 18.4 Å². The largest absolute Gasteiger partial charge is 0.444 e. The third-order valence-electron chi connectivity index (χ3n) is 3.32. The molecule has 0 heterocycles. The van der Waals surface area contributed by atoms with Gasteiger partial charge in [-0.1, -0.05) is 20.8 Å². The second kappa shape index (κ2) is 7.18. The van der Waals surface area contributed by atoms with Crippen LogP contribution >= 0.6 is 12.6 Å². The standard InChI is InChI=1S/C14H31NO3SSi/c1-13(2,3)18-12(16)15-9-11(19)10-17-20(7,8)14(4,5)6/h11,19H,9-10H2,1-8H3,(H,15,16)/t11-/m0/s1. The third-order valence-corrected chi connectivity index (χ3v) is 8.16. The van der Waals surface area contributed by atoms with Crippen LogP contribution in [-0.4, -0.2) is 38.4 Å². The average molecular weight is 322 g/mol. The van der Waals surface area contributed by atoms with Crippen molar-refractivity contribution in [3.05, 3.63) is 0 Å². The van der Waals surface area contributed by atoms with Crippen molar-refractivity contribution in [2.75, 3.05) is 13.2 Å². The minimum absolute atomic E-state index is 0.0309. The van der Waals surface area contributed by atoms with Crippen LogP contribution in [-0.2, 0) is 9.16 Å². The predicted molar refractivity (Wildman–Crippen MR) is 90.2 cm³/mol. The van der Waals surface area contributed by atoms with Gasteiger partial charge < -0.3 is 14.5 Å². The van der Waals surface area contributed by atoms with E-state index in [9.17, 15) is 4.79 Å². The van der Waals surface area contributed by atoms with Crippen molar-refractivity contribution < 1.29 is 14.0 Å². The first kappa shape index (κ1) is 19.8. The topological polar surface area (TPSA) is 47.6 Å². The van der Waals surface area contributed by atoms with E-state index in [1.807, 2.05) is 20.8 Å². The van der Waals surface area contributed by atoms with Gasteiger partial charge in [-0.15, -0.1) is 0 Å². The van der Waals surface area contributed by atoms with E-state index < -0.39 is 20.0 Å². The molecule has 4 nitrogen and oxygen atoms in total. The number of ether oxygens (including phenoxy) is 1. The molecule has 0 aliphatic rings. The Balaban J connectivity index is 4.08. The molecule has 0 aromatic carbocycles. The highest BCUT2D eigenvalue weighted by atomic mass is 32.1. The lowest BCUT2D eigenvalue weighted by molar-refractivity contribution is 0.0526. The molecule has 120 valence electrons. The zero-order valence-electron chi connectivity index (χ0n) is 14.2. The summed E-state index contributed by atoms with van der Waals surface area (Å²) in [5.74, 6) is 0. The number of thiol groups is 1. The maximum absolute atomic E-state index is 11.5. The molecule has 0 spiro atoms. The highest BCUT2D eigenvalue weighted by molar-refractivity contribution is 7.81. The minimum Gasteiger partial charge on any atom is -0.444 e. The van der Waals surface area contributed by atoms with E-state index in [0.29, 0.717) is 13.2 Å². The number of carbonyl (C=O) groups excluding carboxylic acids is 1. The Bertz CT molecular complexity index is 321. The SMILES string of the molecule is CC(C)(C)OC(=O)NC[C@H](S)CO[Si](C)(C)C(C)(C)C. The maximum atomic E-state index is 11.5. The molecule has 20 heavy (non-hydrogen) atoms. The van der Waals surface area contributed by atoms with E-state index in [0.717, 1.165) is 0 Å². The van der Waals surface area contributed by atoms with Crippen LogP contribution in [0.4, 0.5) is 4.79 Å². The summed E-state index contributed by atoms with van der Waals surface area (Å²) in [5.41, 5.74) is -0.478. The smallest absolute Gasteiger partial charge is 0.407 e. The zero-order valence-corrected chi connectivity index (χ0v) is 16.1. The normalized spacial score (nSPS) is 14.8. The van der Waals surface area contributed by atoms with Crippen LogP contribution in [0, 0.1) is 0 Å². The highest BCUT2D eigenvalue weighted by Crippen LogP contribution is 2.36. The van der Waals surface area contributed by atoms with Gasteiger partial charge in [-0.2, -0.15) is 12.6 Å². The summed E-state index contributed by atoms with van der Waals surface area (Å²) < 4.78 is 11.2. The Morgan fingerprint density at radius 2 is 1.70 bits per heavy atom. The Hall–Kier alpha value is -0.203. The fourth-order valence-corrected chi connectivity index (χ4v) is 2.45. The maximum Gasteiger partial charge on any atom is 0.407 e. The van der Waals surface area contributed by atoms with Crippen molar-refractivity contribution in [2.24, 2.45) is 0 Å². The molecule has 0 aliphatic heterocycles. The van der Waals surface area contributed by atoms with Gasteiger partial charge in [0.1, 0.15) is 5.60 Å². The number of nitrogens with one attached hydrogen (secondary N) is 1. The lowest BCUT2D eigenvalue weighted by atomic mass is 10.2. The van der Waals surface area contributed by atoms with Crippen LogP contribution in [0.5, 0.6) is 0 Å². The summed E-state index contributed by atoms with van der Waals surface area (Å²) in [6, 6.07) is 0. The molecule has 6 heteroatoms. The van der Waals surface area contributed by atoms with E-state index in [-0.39, 0.29) is 10.3 Å². The predicted octanol–water partition coefficient (Wildman–Crippen LogP) is 3.83. The molecule has 1 atom stereocenters. The summed E-state index contributed by atoms with van der Waals surface area (Å²) in [5, 5.41) is 2.86. The molecular formula is C14H31NO3SSi. The second-order valence-corrected chi connectivity index (χ2v) is 13.1. The van der Waals surface area contributed by atoms with Gasteiger partial charge in [-0.3, -0.25) is 0 Å². The number of carbonyl (C=O) groups is 1. The van der Waals surface area contributed by atoms with Crippen molar-refractivity contribution in [2.45, 2.75) is 70.5 Å². The molecule has 0 aromatic heterocycles. The van der Waals surface area contributed by atoms with Crippen molar-refractivity contribution in [3.63, 3.8) is 0 Å². The molecule has 0 rings (SSSR count). The highest BCUT2D eigenvalue weighted by Gasteiger charge is 2.37. The van der Waals surface area contributed by atoms with E-state index in [2.05, 4.69) is 51.8 Å². The summed E-state index contributed by atoms with van der Waals surface area (Å²) in [4.78, 5) is 11.5. The summed E-state index contributed by atoms with van der Waals surface area (Å²) >= 11 is 4.45. The Morgan fingerprint density at radius 3 is 2.10 bits per heavy atom. The van der Waals surface area contributed by atoms with Crippen LogP contribution in [0.25, 0.3) is 0 Å². The van der Waals surface area contributed by atoms with Crippen molar-refractivity contribution >= 4 is 27.0 Å². The van der Waals surface area contributed by atoms with Gasteiger partial charge in [-0.25, -0.2) is 4.79 Å². The van der Waals surface area contributed by atoms with Crippen molar-refractivity contribution in [1.29, 1.82) is 0 Å². The molecule has 0 aromatic rings. The van der Waals surface area contributed by atoms with Gasteiger partial charge in [0.05, 0.1) is 0 Å². The summed E-state index contributed by atoms with van der Waals surface area (Å²) in [6.45, 7) is 17.5. The number of alkyl carbamates (subject to hydrolysis) is 1. The Morgan fingerprint density at radius 1 is 1.20 bits per heavy atom. The fourth-order valence-electron chi connectivity index (χ4n) is 1.10. The second-order valence-electron chi connectivity index (χ2n) is 7.61. The monoisotopic (exact) mass is 321 g/mol. The Kier molecular flexibility index (Phi) is 7.11. The first-order valence-corrected chi connectivity index (χ1v) is 10.5. The van der Waals surface area contributed by atoms with E-state index >= 15 is 0 Å². The summed E-state index contributed by atoms with van der Waals surface area (Å²) in [6.07, 6.45) is -0.413. The number of amides is 1. The molecule has 1 amide bonds. The number of hydrogen-bond acceptors (Lipinski definition) is 4. The van der Waals surface area contributed by atoms with Crippen LogP contribution in [0.1, 0.15) is 41.5 Å². The molecule has 0 aliphatic carbocycles. The van der Waals surface area contributed by atoms with E-state index in [4.69, 9.17) is 9.16 Å². The number of hydrogen-bond donors (Lipinski definition) is 2. The van der Waals surface area contributed by atoms with E-state index in [1.165, 1.54) is 0 Å². The van der Waals surface area contributed by atoms with Crippen LogP contribution in [0.3, 0.4) is 0 Å². The van der Waals surface area contributed by atoms with E-state index in [1.54, 1.807) is 0 Å². The van der Waals surface area contributed by atoms with Crippen molar-refractivity contribution in [1.82, 2.24) is 5.32 Å². The van der Waals surface area contributed by atoms with Gasteiger partial charge in [0.25, 0.3) is 0 Å². The van der Waals surface area contributed by atoms with Crippen molar-refractivity contribution in [3.8, 4) is 0 Å². The minimum atomic E-state index is -1.75. The molecule has 0 saturated heterocycles. The fraction of sp³-hybridized carbons (Fsp3) is 0.929. The average Bonchev–Trinajstić information content (AvgIpc) is 2.19. The van der Waals surface area contributed by atoms with Gasteiger partial charge in [-0.05, 0) is 38.9 Å². The molecule has 0 unspecified atom stereocenters. The van der Waals surface area contributed by atoms with Gasteiger partial charge in [0.2, 0.25) is 0 Å². The molecule has 0 bridgehead atoms. The first-order chi connectivity index (χ1) is 8.74. The molecule has 0 fully saturated rings. The van der Waals surface area contributed by atoms with Gasteiger partial charge >= 0.3 is 6.09 Å². The first-order valence-electron chi connectivity index (χ1n) is 7.03. The summed E-state index contributed by atoms with van der Waals surface area (Å²) in [7, 11) is -1.75. The lowest BCUT2D eigenvalue weighted by Crippen LogP contribution is -2.43. The Labute approximate surface area is 130 Å². The molecule has 1 N–H and O–H groups in total. The number of rotatable bonds is 5. The van der Waals surface area contributed by atoms with Crippen LogP contribution < -0.4 is 5.32 Å². The van der Waals surface area contributed by atoms with Gasteiger partial charge in [0.15, 0.2) is 8.32 Å². The molecule has 0 saturated carbocycles. The van der Waals surface area contributed by atoms with Crippen LogP contribution in [0.2, 0.25) is 18.1 Å². The molecule has 0 radical (unpaired) electrons. The molecular weight excluding hydrogens is 290 g/mol. The third kappa shape index (κ3) is 8.17. The zero-order chi connectivity index (χ0) is 16.2. The quantitative estimate of drug-likeness (QED) is 0.597. The lowest BCUT2D eigenvalue weighted by Gasteiger charge is -2.36. The van der Waals surface area contributed by atoms with Crippen LogP contribution in [0.15, 0.2) is 0 Å².